The molecular weight excluding hydrogens is 417 g/mol. The van der Waals surface area contributed by atoms with Crippen molar-refractivity contribution >= 4 is 17.3 Å². The Morgan fingerprint density at radius 3 is 2.42 bits per heavy atom. The molecule has 3 rings (SSSR count). The van der Waals surface area contributed by atoms with E-state index in [2.05, 4.69) is 15.5 Å². The highest BCUT2D eigenvalue weighted by molar-refractivity contribution is 5.90. The average molecular weight is 436 g/mol. The highest BCUT2D eigenvalue weighted by atomic mass is 19.4. The molecule has 0 aliphatic heterocycles. The largest absolute Gasteiger partial charge is 0.442 e. The van der Waals surface area contributed by atoms with Gasteiger partial charge in [0.1, 0.15) is 12.2 Å². The van der Waals surface area contributed by atoms with Crippen LogP contribution in [0.3, 0.4) is 0 Å². The number of aromatic nitrogens is 4. The minimum atomic E-state index is -5.01. The number of nitrogens with one attached hydrogen (secondary N) is 1. The summed E-state index contributed by atoms with van der Waals surface area (Å²) in [6.07, 6.45) is -5.01. The van der Waals surface area contributed by atoms with Gasteiger partial charge in [0.2, 0.25) is 11.6 Å². The number of amides is 1. The fraction of sp³-hybridized carbons (Fsp3) is 0.316. The van der Waals surface area contributed by atoms with Gasteiger partial charge in [-0.2, -0.15) is 23.4 Å². The summed E-state index contributed by atoms with van der Waals surface area (Å²) in [4.78, 5) is 22.2. The molecule has 2 heterocycles. The fourth-order valence-electron chi connectivity index (χ4n) is 3.19. The van der Waals surface area contributed by atoms with Crippen LogP contribution in [0.5, 0.6) is 0 Å². The fourth-order valence-corrected chi connectivity index (χ4v) is 3.19. The molecule has 3 aromatic rings. The van der Waals surface area contributed by atoms with E-state index in [1.165, 1.54) is 0 Å². The van der Waals surface area contributed by atoms with Gasteiger partial charge in [0.05, 0.1) is 17.2 Å². The van der Waals surface area contributed by atoms with Crippen LogP contribution >= 0.6 is 0 Å². The predicted molar refractivity (Wildman–Crippen MR) is 104 cm³/mol. The first-order valence-corrected chi connectivity index (χ1v) is 9.14. The molecule has 12 heteroatoms. The molecule has 0 aliphatic rings. The van der Waals surface area contributed by atoms with Gasteiger partial charge in [0.25, 0.3) is 0 Å². The summed E-state index contributed by atoms with van der Waals surface area (Å²) in [6, 6.07) is 8.85. The number of benzene rings is 1. The minimum Gasteiger partial charge on any atom is -0.324 e. The lowest BCUT2D eigenvalue weighted by Crippen LogP contribution is -2.21. The van der Waals surface area contributed by atoms with E-state index in [4.69, 9.17) is 0 Å². The van der Waals surface area contributed by atoms with Gasteiger partial charge in [-0.15, -0.1) is 0 Å². The van der Waals surface area contributed by atoms with Crippen molar-refractivity contribution in [3.8, 4) is 0 Å². The number of nitrogens with zero attached hydrogens (tertiary/aromatic N) is 5. The quantitative estimate of drug-likeness (QED) is 0.469. The van der Waals surface area contributed by atoms with Gasteiger partial charge in [0, 0.05) is 11.4 Å². The molecule has 0 unspecified atom stereocenters. The molecule has 1 N–H and O–H groups in total. The Morgan fingerprint density at radius 1 is 1.16 bits per heavy atom. The van der Waals surface area contributed by atoms with E-state index in [1.807, 2.05) is 26.0 Å². The molecule has 9 nitrogen and oxygen atoms in total. The summed E-state index contributed by atoms with van der Waals surface area (Å²) < 4.78 is 41.6. The Balaban J connectivity index is 1.76. The van der Waals surface area contributed by atoms with Crippen molar-refractivity contribution in [1.82, 2.24) is 19.6 Å². The molecule has 0 saturated carbocycles. The summed E-state index contributed by atoms with van der Waals surface area (Å²) in [7, 11) is 0. The number of halogens is 3. The Kier molecular flexibility index (Phi) is 5.82. The molecule has 0 saturated heterocycles. The summed E-state index contributed by atoms with van der Waals surface area (Å²) in [5, 5.41) is 21.2. The number of carbonyl (C=O) groups excluding carboxylic acids is 1. The SMILES string of the molecule is Cc1cc(C)n(Cc2cccc(NC(=O)Cn3nc(C(F)(F)F)c([N+](=O)[O-])c3C)c2)n1. The number of hydrogen-bond donors (Lipinski definition) is 1. The highest BCUT2D eigenvalue weighted by Gasteiger charge is 2.44. The first-order chi connectivity index (χ1) is 14.5. The van der Waals surface area contributed by atoms with Crippen molar-refractivity contribution in [3.63, 3.8) is 0 Å². The number of alkyl halides is 3. The minimum absolute atomic E-state index is 0.356. The zero-order chi connectivity index (χ0) is 22.9. The topological polar surface area (TPSA) is 108 Å². The molecule has 0 spiro atoms. The summed E-state index contributed by atoms with van der Waals surface area (Å²) in [6.45, 7) is 4.79. The lowest BCUT2D eigenvalue weighted by atomic mass is 10.2. The number of carbonyl (C=O) groups is 1. The van der Waals surface area contributed by atoms with Crippen molar-refractivity contribution in [2.45, 2.75) is 40.0 Å². The molecule has 0 bridgehead atoms. The number of nitro groups is 1. The van der Waals surface area contributed by atoms with Gasteiger partial charge in [0.15, 0.2) is 0 Å². The molecule has 31 heavy (non-hydrogen) atoms. The standard InChI is InChI=1S/C19H19F3N6O3/c1-11-7-12(2)26(24-11)9-14-5-4-6-15(8-14)23-16(29)10-27-13(3)17(28(30)31)18(25-27)19(20,21)22/h4-8H,9-10H2,1-3H3,(H,23,29). The number of rotatable bonds is 6. The maximum Gasteiger partial charge on any atom is 0.442 e. The van der Waals surface area contributed by atoms with Crippen LogP contribution in [0, 0.1) is 30.9 Å². The normalized spacial score (nSPS) is 11.5. The van der Waals surface area contributed by atoms with Crippen LogP contribution in [0.4, 0.5) is 24.5 Å². The van der Waals surface area contributed by atoms with Gasteiger partial charge in [-0.25, -0.2) is 0 Å². The molecule has 0 radical (unpaired) electrons. The van der Waals surface area contributed by atoms with E-state index in [9.17, 15) is 28.1 Å². The van der Waals surface area contributed by atoms with Gasteiger partial charge in [-0.3, -0.25) is 24.3 Å². The zero-order valence-corrected chi connectivity index (χ0v) is 16.9. The Labute approximate surface area is 174 Å². The smallest absolute Gasteiger partial charge is 0.324 e. The monoisotopic (exact) mass is 436 g/mol. The van der Waals surface area contributed by atoms with Crippen LogP contribution in [-0.2, 0) is 24.1 Å². The van der Waals surface area contributed by atoms with Crippen molar-refractivity contribution < 1.29 is 22.9 Å². The van der Waals surface area contributed by atoms with E-state index in [0.29, 0.717) is 16.9 Å². The molecule has 164 valence electrons. The first kappa shape index (κ1) is 22.0. The molecule has 0 atom stereocenters. The van der Waals surface area contributed by atoms with E-state index >= 15 is 0 Å². The number of hydrogen-bond acceptors (Lipinski definition) is 5. The van der Waals surface area contributed by atoms with Gasteiger partial charge >= 0.3 is 11.9 Å². The van der Waals surface area contributed by atoms with Crippen LogP contribution in [-0.4, -0.2) is 30.4 Å². The van der Waals surface area contributed by atoms with Crippen molar-refractivity contribution in [2.75, 3.05) is 5.32 Å². The Morgan fingerprint density at radius 2 is 1.87 bits per heavy atom. The highest BCUT2D eigenvalue weighted by Crippen LogP contribution is 2.36. The molecule has 1 aromatic carbocycles. The van der Waals surface area contributed by atoms with Gasteiger partial charge in [-0.05, 0) is 44.5 Å². The van der Waals surface area contributed by atoms with Crippen LogP contribution in [0.2, 0.25) is 0 Å². The van der Waals surface area contributed by atoms with Crippen molar-refractivity contribution in [1.29, 1.82) is 0 Å². The molecular formula is C19H19F3N6O3. The second-order valence-corrected chi connectivity index (χ2v) is 7.03. The van der Waals surface area contributed by atoms with Crippen LogP contribution in [0.15, 0.2) is 30.3 Å². The third-order valence-electron chi connectivity index (χ3n) is 4.57. The van der Waals surface area contributed by atoms with E-state index in [-0.39, 0.29) is 5.69 Å². The molecule has 2 aromatic heterocycles. The second-order valence-electron chi connectivity index (χ2n) is 7.03. The summed E-state index contributed by atoms with van der Waals surface area (Å²) in [5.74, 6) is -0.669. The molecule has 0 fully saturated rings. The molecule has 0 aliphatic carbocycles. The van der Waals surface area contributed by atoms with E-state index in [0.717, 1.165) is 23.9 Å². The van der Waals surface area contributed by atoms with Gasteiger partial charge in [-0.1, -0.05) is 12.1 Å². The third kappa shape index (κ3) is 4.90. The first-order valence-electron chi connectivity index (χ1n) is 9.14. The van der Waals surface area contributed by atoms with Crippen LogP contribution < -0.4 is 5.32 Å². The van der Waals surface area contributed by atoms with Crippen molar-refractivity contribution in [2.24, 2.45) is 0 Å². The zero-order valence-electron chi connectivity index (χ0n) is 16.9. The lowest BCUT2D eigenvalue weighted by Gasteiger charge is -2.09. The Hall–Kier alpha value is -3.70. The van der Waals surface area contributed by atoms with Crippen LogP contribution in [0.25, 0.3) is 0 Å². The molecule has 1 amide bonds. The summed E-state index contributed by atoms with van der Waals surface area (Å²) in [5.41, 5.74) is -0.00621. The Bertz CT molecular complexity index is 1150. The summed E-state index contributed by atoms with van der Waals surface area (Å²) >= 11 is 0. The lowest BCUT2D eigenvalue weighted by molar-refractivity contribution is -0.388. The van der Waals surface area contributed by atoms with Crippen LogP contribution in [0.1, 0.15) is 28.3 Å². The maximum atomic E-state index is 13.1. The second kappa shape index (κ2) is 8.20. The average Bonchev–Trinajstić information content (AvgIpc) is 3.14. The maximum absolute atomic E-state index is 13.1. The number of anilines is 1. The van der Waals surface area contributed by atoms with Gasteiger partial charge < -0.3 is 5.32 Å². The predicted octanol–water partition coefficient (Wildman–Crippen LogP) is 3.62. The van der Waals surface area contributed by atoms with E-state index < -0.39 is 34.9 Å². The third-order valence-corrected chi connectivity index (χ3v) is 4.57. The van der Waals surface area contributed by atoms with E-state index in [1.54, 1.807) is 22.9 Å². The van der Waals surface area contributed by atoms with Crippen molar-refractivity contribution in [3.05, 3.63) is 68.8 Å². The number of aryl methyl sites for hydroxylation is 2.